The van der Waals surface area contributed by atoms with Crippen LogP contribution in [-0.4, -0.2) is 23.8 Å². The second kappa shape index (κ2) is 5.35. The predicted octanol–water partition coefficient (Wildman–Crippen LogP) is 1.41. The Hall–Kier alpha value is -1.31. The van der Waals surface area contributed by atoms with Gasteiger partial charge in [-0.1, -0.05) is 0 Å². The summed E-state index contributed by atoms with van der Waals surface area (Å²) in [5, 5.41) is 12.4. The van der Waals surface area contributed by atoms with Gasteiger partial charge in [-0.15, -0.1) is 0 Å². The number of nitrogens with zero attached hydrogens (tertiary/aromatic N) is 2. The van der Waals surface area contributed by atoms with Crippen LogP contribution in [0.15, 0.2) is 12.3 Å². The summed E-state index contributed by atoms with van der Waals surface area (Å²) >= 11 is 0. The third-order valence-corrected chi connectivity index (χ3v) is 3.48. The lowest BCUT2D eigenvalue weighted by atomic mass is 10.0. The Morgan fingerprint density at radius 2 is 2.53 bits per heavy atom. The van der Waals surface area contributed by atoms with E-state index in [0.29, 0.717) is 17.7 Å². The van der Waals surface area contributed by atoms with Crippen LogP contribution in [0.2, 0.25) is 0 Å². The zero-order chi connectivity index (χ0) is 12.3. The van der Waals surface area contributed by atoms with Gasteiger partial charge in [0.15, 0.2) is 0 Å². The second-order valence-corrected chi connectivity index (χ2v) is 4.75. The van der Waals surface area contributed by atoms with Gasteiger partial charge in [0, 0.05) is 32.4 Å². The van der Waals surface area contributed by atoms with Crippen molar-refractivity contribution in [3.05, 3.63) is 23.5 Å². The quantitative estimate of drug-likeness (QED) is 0.855. The van der Waals surface area contributed by atoms with Crippen LogP contribution in [0.5, 0.6) is 0 Å². The predicted molar refractivity (Wildman–Crippen MR) is 65.4 cm³/mol. The van der Waals surface area contributed by atoms with E-state index < -0.39 is 0 Å². The van der Waals surface area contributed by atoms with Crippen LogP contribution >= 0.6 is 0 Å². The van der Waals surface area contributed by atoms with Gasteiger partial charge in [0.25, 0.3) is 0 Å². The van der Waals surface area contributed by atoms with E-state index in [1.165, 1.54) is 0 Å². The molecule has 0 amide bonds. The first kappa shape index (κ1) is 12.2. The minimum absolute atomic E-state index is 0.461. The summed E-state index contributed by atoms with van der Waals surface area (Å²) in [5.74, 6) is 0.620. The summed E-state index contributed by atoms with van der Waals surface area (Å²) < 4.78 is 7.25. The van der Waals surface area contributed by atoms with E-state index in [0.717, 1.165) is 31.7 Å². The molecule has 4 nitrogen and oxygen atoms in total. The van der Waals surface area contributed by atoms with E-state index in [9.17, 15) is 0 Å². The van der Waals surface area contributed by atoms with Gasteiger partial charge in [0.1, 0.15) is 11.8 Å². The van der Waals surface area contributed by atoms with Crippen molar-refractivity contribution in [1.82, 2.24) is 9.88 Å². The third kappa shape index (κ3) is 2.87. The summed E-state index contributed by atoms with van der Waals surface area (Å²) in [4.78, 5) is 0. The normalized spacial score (nSPS) is 21.4. The number of ether oxygens (including phenoxy) is 1. The average Bonchev–Trinajstić information content (AvgIpc) is 2.95. The fourth-order valence-electron chi connectivity index (χ4n) is 2.23. The highest BCUT2D eigenvalue weighted by molar-refractivity contribution is 5.28. The summed E-state index contributed by atoms with van der Waals surface area (Å²) in [7, 11) is 1.90. The molecule has 1 fully saturated rings. The molecule has 2 atom stereocenters. The molecule has 2 rings (SSSR count). The molecule has 2 heterocycles. The lowest BCUT2D eigenvalue weighted by molar-refractivity contribution is 0.178. The molecule has 0 saturated carbocycles. The molecule has 1 aromatic rings. The van der Waals surface area contributed by atoms with E-state index in [2.05, 4.69) is 18.3 Å². The van der Waals surface area contributed by atoms with Crippen LogP contribution in [0.4, 0.5) is 0 Å². The Morgan fingerprint density at radius 1 is 1.71 bits per heavy atom. The highest BCUT2D eigenvalue weighted by Gasteiger charge is 2.21. The van der Waals surface area contributed by atoms with Gasteiger partial charge in [-0.05, 0) is 30.9 Å². The summed E-state index contributed by atoms with van der Waals surface area (Å²) in [6.07, 6.45) is 3.15. The number of aromatic nitrogens is 1. The van der Waals surface area contributed by atoms with Crippen LogP contribution in [0.1, 0.15) is 24.6 Å². The zero-order valence-corrected chi connectivity index (χ0v) is 10.4. The molecular formula is C13H19N3O. The third-order valence-electron chi connectivity index (χ3n) is 3.48. The lowest BCUT2D eigenvalue weighted by Gasteiger charge is -2.18. The molecule has 92 valence electrons. The van der Waals surface area contributed by atoms with Gasteiger partial charge in [-0.25, -0.2) is 0 Å². The van der Waals surface area contributed by atoms with Gasteiger partial charge in [-0.2, -0.15) is 5.26 Å². The maximum Gasteiger partial charge on any atom is 0.120 e. The van der Waals surface area contributed by atoms with Gasteiger partial charge in [0.2, 0.25) is 0 Å². The second-order valence-electron chi connectivity index (χ2n) is 4.75. The van der Waals surface area contributed by atoms with Crippen molar-refractivity contribution in [3.63, 3.8) is 0 Å². The molecule has 1 N–H and O–H groups in total. The van der Waals surface area contributed by atoms with E-state index in [1.54, 1.807) is 0 Å². The maximum atomic E-state index is 8.87. The number of hydrogen-bond donors (Lipinski definition) is 1. The number of nitriles is 1. The fraction of sp³-hybridized carbons (Fsp3) is 0.615. The van der Waals surface area contributed by atoms with Gasteiger partial charge in [-0.3, -0.25) is 0 Å². The van der Waals surface area contributed by atoms with Gasteiger partial charge < -0.3 is 14.6 Å². The zero-order valence-electron chi connectivity index (χ0n) is 10.4. The van der Waals surface area contributed by atoms with Crippen molar-refractivity contribution in [1.29, 1.82) is 5.26 Å². The molecule has 0 bridgehead atoms. The highest BCUT2D eigenvalue weighted by atomic mass is 16.5. The minimum atomic E-state index is 0.461. The molecule has 17 heavy (non-hydrogen) atoms. The molecule has 2 unspecified atom stereocenters. The lowest BCUT2D eigenvalue weighted by Crippen LogP contribution is -2.33. The van der Waals surface area contributed by atoms with Crippen LogP contribution in [0.3, 0.4) is 0 Å². The van der Waals surface area contributed by atoms with Crippen LogP contribution in [-0.2, 0) is 18.3 Å². The van der Waals surface area contributed by atoms with Crippen LogP contribution in [0, 0.1) is 17.2 Å². The van der Waals surface area contributed by atoms with Crippen molar-refractivity contribution < 1.29 is 4.74 Å². The Bertz CT molecular complexity index is 413. The summed E-state index contributed by atoms with van der Waals surface area (Å²) in [5.41, 5.74) is 1.87. The summed E-state index contributed by atoms with van der Waals surface area (Å²) in [6.45, 7) is 4.77. The molecule has 0 radical (unpaired) electrons. The SMILES string of the molecule is CC(NCc1cc(C#N)n(C)c1)C1CCOC1. The van der Waals surface area contributed by atoms with Crippen LogP contribution < -0.4 is 5.32 Å². The molecule has 0 aromatic carbocycles. The van der Waals surface area contributed by atoms with E-state index in [1.807, 2.05) is 23.9 Å². The number of nitrogens with one attached hydrogen (secondary N) is 1. The molecule has 0 spiro atoms. The van der Waals surface area contributed by atoms with E-state index in [4.69, 9.17) is 10.00 Å². The van der Waals surface area contributed by atoms with Gasteiger partial charge >= 0.3 is 0 Å². The van der Waals surface area contributed by atoms with Crippen molar-refractivity contribution >= 4 is 0 Å². The average molecular weight is 233 g/mol. The van der Waals surface area contributed by atoms with E-state index in [-0.39, 0.29) is 0 Å². The van der Waals surface area contributed by atoms with Crippen LogP contribution in [0.25, 0.3) is 0 Å². The molecule has 1 aromatic heterocycles. The molecule has 1 aliphatic rings. The monoisotopic (exact) mass is 233 g/mol. The summed E-state index contributed by atoms with van der Waals surface area (Å²) in [6, 6.07) is 4.57. The highest BCUT2D eigenvalue weighted by Crippen LogP contribution is 2.17. The smallest absolute Gasteiger partial charge is 0.120 e. The first-order chi connectivity index (χ1) is 8.20. The van der Waals surface area contributed by atoms with Crippen molar-refractivity contribution in [3.8, 4) is 6.07 Å². The Kier molecular flexibility index (Phi) is 3.82. The number of rotatable bonds is 4. The van der Waals surface area contributed by atoms with Gasteiger partial charge in [0.05, 0.1) is 6.61 Å². The number of hydrogen-bond acceptors (Lipinski definition) is 3. The molecule has 0 aliphatic carbocycles. The first-order valence-corrected chi connectivity index (χ1v) is 6.07. The van der Waals surface area contributed by atoms with Crippen molar-refractivity contribution in [2.75, 3.05) is 13.2 Å². The topological polar surface area (TPSA) is 50.0 Å². The van der Waals surface area contributed by atoms with E-state index >= 15 is 0 Å². The Morgan fingerprint density at radius 3 is 3.12 bits per heavy atom. The first-order valence-electron chi connectivity index (χ1n) is 6.07. The molecule has 4 heteroatoms. The number of aryl methyl sites for hydroxylation is 1. The Balaban J connectivity index is 1.86. The minimum Gasteiger partial charge on any atom is -0.381 e. The van der Waals surface area contributed by atoms with Crippen molar-refractivity contribution in [2.45, 2.75) is 25.9 Å². The molecular weight excluding hydrogens is 214 g/mol. The molecule has 1 saturated heterocycles. The maximum absolute atomic E-state index is 8.87. The standard InChI is InChI=1S/C13H19N3O/c1-10(12-3-4-17-9-12)15-7-11-5-13(6-14)16(2)8-11/h5,8,10,12,15H,3-4,7,9H2,1-2H3. The molecule has 1 aliphatic heterocycles. The Labute approximate surface area is 102 Å². The fourth-order valence-corrected chi connectivity index (χ4v) is 2.23. The largest absolute Gasteiger partial charge is 0.381 e. The van der Waals surface area contributed by atoms with Crippen molar-refractivity contribution in [2.24, 2.45) is 13.0 Å².